The van der Waals surface area contributed by atoms with Crippen molar-refractivity contribution in [2.75, 3.05) is 5.32 Å². The van der Waals surface area contributed by atoms with Crippen LogP contribution in [0.25, 0.3) is 0 Å². The Hall–Kier alpha value is -2.90. The second-order valence-electron chi connectivity index (χ2n) is 5.04. The first-order valence-electron chi connectivity index (χ1n) is 6.45. The fraction of sp³-hybridized carbons (Fsp3) is 0.286. The van der Waals surface area contributed by atoms with Crippen LogP contribution in [0.1, 0.15) is 0 Å². The number of hydrogen-bond acceptors (Lipinski definition) is 4. The summed E-state index contributed by atoms with van der Waals surface area (Å²) in [5.41, 5.74) is 5.48. The van der Waals surface area contributed by atoms with Gasteiger partial charge in [-0.1, -0.05) is 18.2 Å². The highest BCUT2D eigenvalue weighted by atomic mass is 16.4. The average Bonchev–Trinajstić information content (AvgIpc) is 2.36. The largest absolute Gasteiger partial charge is 0.481 e. The Labute approximate surface area is 124 Å². The Kier molecular flexibility index (Phi) is 4.11. The zero-order valence-electron chi connectivity index (χ0n) is 11.3. The van der Waals surface area contributed by atoms with E-state index in [1.54, 1.807) is 30.3 Å². The summed E-state index contributed by atoms with van der Waals surface area (Å²) in [5.74, 6) is -10.3. The minimum Gasteiger partial charge on any atom is -0.481 e. The number of para-hydroxylation sites is 1. The van der Waals surface area contributed by atoms with Gasteiger partial charge in [0.1, 0.15) is 0 Å². The van der Waals surface area contributed by atoms with Crippen LogP contribution >= 0.6 is 0 Å². The molecule has 1 aromatic rings. The highest BCUT2D eigenvalue weighted by Crippen LogP contribution is 2.47. The summed E-state index contributed by atoms with van der Waals surface area (Å²) in [6, 6.07) is 8.20. The molecule has 22 heavy (non-hydrogen) atoms. The number of amides is 2. The normalized spacial score (nSPS) is 26.5. The molecule has 0 aromatic heterocycles. The smallest absolute Gasteiger partial charge is 0.308 e. The molecule has 0 radical (unpaired) electrons. The zero-order valence-corrected chi connectivity index (χ0v) is 11.3. The number of carbonyl (C=O) groups excluding carboxylic acids is 2. The third kappa shape index (κ3) is 2.62. The topological polar surface area (TPSA) is 147 Å². The van der Waals surface area contributed by atoms with E-state index in [4.69, 9.17) is 15.9 Å². The molecule has 0 aliphatic heterocycles. The molecule has 8 nitrogen and oxygen atoms in total. The molecule has 0 heterocycles. The average molecular weight is 306 g/mol. The van der Waals surface area contributed by atoms with Gasteiger partial charge in [-0.3, -0.25) is 19.2 Å². The summed E-state index contributed by atoms with van der Waals surface area (Å²) >= 11 is 0. The van der Waals surface area contributed by atoms with Crippen molar-refractivity contribution in [2.45, 2.75) is 0 Å². The second-order valence-corrected chi connectivity index (χ2v) is 5.04. The monoisotopic (exact) mass is 306 g/mol. The summed E-state index contributed by atoms with van der Waals surface area (Å²) in [5, 5.41) is 20.8. The maximum atomic E-state index is 12.2. The van der Waals surface area contributed by atoms with E-state index in [1.165, 1.54) is 0 Å². The Bertz CT molecular complexity index is 607. The lowest BCUT2D eigenvalue weighted by Gasteiger charge is -2.44. The van der Waals surface area contributed by atoms with Gasteiger partial charge in [0.15, 0.2) is 0 Å². The van der Waals surface area contributed by atoms with E-state index in [0.29, 0.717) is 5.69 Å². The summed E-state index contributed by atoms with van der Waals surface area (Å²) < 4.78 is 0. The van der Waals surface area contributed by atoms with Crippen LogP contribution in [0.4, 0.5) is 5.69 Å². The van der Waals surface area contributed by atoms with E-state index >= 15 is 0 Å². The molecule has 1 saturated carbocycles. The zero-order chi connectivity index (χ0) is 16.4. The number of carboxylic acid groups (broad SMARTS) is 2. The number of carboxylic acids is 2. The number of rotatable bonds is 5. The molecule has 1 fully saturated rings. The van der Waals surface area contributed by atoms with Crippen molar-refractivity contribution < 1.29 is 29.4 Å². The quantitative estimate of drug-likeness (QED) is 0.590. The van der Waals surface area contributed by atoms with Crippen molar-refractivity contribution in [3.8, 4) is 0 Å². The van der Waals surface area contributed by atoms with Crippen LogP contribution in [0.15, 0.2) is 30.3 Å². The van der Waals surface area contributed by atoms with Gasteiger partial charge < -0.3 is 21.3 Å². The van der Waals surface area contributed by atoms with E-state index in [2.05, 4.69) is 5.32 Å². The van der Waals surface area contributed by atoms with Crippen molar-refractivity contribution in [1.29, 1.82) is 0 Å². The molecule has 1 aliphatic rings. The number of anilines is 1. The summed E-state index contributed by atoms with van der Waals surface area (Å²) in [4.78, 5) is 46.0. The molecule has 1 aliphatic carbocycles. The number of nitrogens with one attached hydrogen (secondary N) is 1. The maximum Gasteiger partial charge on any atom is 0.308 e. The van der Waals surface area contributed by atoms with Crippen LogP contribution in [-0.2, 0) is 19.2 Å². The number of hydrogen-bond donors (Lipinski definition) is 4. The Morgan fingerprint density at radius 1 is 0.864 bits per heavy atom. The standard InChI is InChI=1S/C14H14N2O6/c15-11(17)7-9(13(19)20)8(10(7)14(21)22)12(18)16-6-4-2-1-3-5-6/h1-5,7-10H,(H2,15,17)(H,16,18)(H,19,20)(H,21,22). The first kappa shape index (κ1) is 15.5. The Morgan fingerprint density at radius 3 is 1.77 bits per heavy atom. The van der Waals surface area contributed by atoms with Crippen LogP contribution in [0.2, 0.25) is 0 Å². The van der Waals surface area contributed by atoms with E-state index in [0.717, 1.165) is 0 Å². The molecule has 1 aromatic carbocycles. The molecule has 0 saturated heterocycles. The predicted molar refractivity (Wildman–Crippen MR) is 73.5 cm³/mol. The molecule has 0 bridgehead atoms. The molecule has 2 atom stereocenters. The summed E-state index contributed by atoms with van der Waals surface area (Å²) in [6.45, 7) is 0. The van der Waals surface area contributed by atoms with Crippen molar-refractivity contribution in [3.63, 3.8) is 0 Å². The van der Waals surface area contributed by atoms with E-state index < -0.39 is 47.4 Å². The van der Waals surface area contributed by atoms with Gasteiger partial charge in [-0.05, 0) is 12.1 Å². The SMILES string of the molecule is NC(=O)C1C(C(=O)O)C(C(=O)Nc2ccccc2)C1C(=O)O. The fourth-order valence-electron chi connectivity index (χ4n) is 2.79. The second kappa shape index (κ2) is 5.84. The van der Waals surface area contributed by atoms with Crippen LogP contribution < -0.4 is 11.1 Å². The third-order valence-corrected chi connectivity index (χ3v) is 3.79. The van der Waals surface area contributed by atoms with Crippen molar-refractivity contribution in [2.24, 2.45) is 29.4 Å². The van der Waals surface area contributed by atoms with E-state index in [1.807, 2.05) is 0 Å². The molecule has 0 spiro atoms. The number of carbonyl (C=O) groups is 4. The van der Waals surface area contributed by atoms with Gasteiger partial charge in [-0.2, -0.15) is 0 Å². The molecule has 2 unspecified atom stereocenters. The molecular weight excluding hydrogens is 292 g/mol. The van der Waals surface area contributed by atoms with Gasteiger partial charge in [0.05, 0.1) is 23.7 Å². The molecule has 2 rings (SSSR count). The van der Waals surface area contributed by atoms with Crippen LogP contribution in [0.5, 0.6) is 0 Å². The van der Waals surface area contributed by atoms with Crippen LogP contribution in [-0.4, -0.2) is 34.0 Å². The lowest BCUT2D eigenvalue weighted by molar-refractivity contribution is -0.179. The lowest BCUT2D eigenvalue weighted by Crippen LogP contribution is -2.62. The molecule has 5 N–H and O–H groups in total. The maximum absolute atomic E-state index is 12.2. The fourth-order valence-corrected chi connectivity index (χ4v) is 2.79. The first-order valence-corrected chi connectivity index (χ1v) is 6.45. The molecule has 8 heteroatoms. The predicted octanol–water partition coefficient (Wildman–Crippen LogP) is -0.242. The van der Waals surface area contributed by atoms with Crippen molar-refractivity contribution in [3.05, 3.63) is 30.3 Å². The summed E-state index contributed by atoms with van der Waals surface area (Å²) in [6.07, 6.45) is 0. The highest BCUT2D eigenvalue weighted by molar-refractivity contribution is 6.03. The number of primary amides is 1. The molecular formula is C14H14N2O6. The van der Waals surface area contributed by atoms with E-state index in [-0.39, 0.29) is 0 Å². The van der Waals surface area contributed by atoms with Gasteiger partial charge in [0, 0.05) is 5.69 Å². The molecule has 116 valence electrons. The van der Waals surface area contributed by atoms with Crippen LogP contribution in [0, 0.1) is 23.7 Å². The first-order chi connectivity index (χ1) is 10.3. The van der Waals surface area contributed by atoms with Gasteiger partial charge in [0.25, 0.3) is 0 Å². The van der Waals surface area contributed by atoms with Gasteiger partial charge in [-0.25, -0.2) is 0 Å². The molecule has 2 amide bonds. The minimum atomic E-state index is -1.44. The Balaban J connectivity index is 2.26. The van der Waals surface area contributed by atoms with Gasteiger partial charge in [0.2, 0.25) is 11.8 Å². The van der Waals surface area contributed by atoms with Crippen LogP contribution in [0.3, 0.4) is 0 Å². The van der Waals surface area contributed by atoms with Gasteiger partial charge in [-0.15, -0.1) is 0 Å². The number of benzene rings is 1. The minimum absolute atomic E-state index is 0.406. The number of nitrogens with two attached hydrogens (primary N) is 1. The van der Waals surface area contributed by atoms with Crippen molar-refractivity contribution >= 4 is 29.4 Å². The lowest BCUT2D eigenvalue weighted by atomic mass is 9.55. The van der Waals surface area contributed by atoms with Gasteiger partial charge >= 0.3 is 11.9 Å². The summed E-state index contributed by atoms with van der Waals surface area (Å²) in [7, 11) is 0. The van der Waals surface area contributed by atoms with E-state index in [9.17, 15) is 19.2 Å². The number of aliphatic carboxylic acids is 2. The highest BCUT2D eigenvalue weighted by Gasteiger charge is 2.63. The Morgan fingerprint density at radius 2 is 1.36 bits per heavy atom. The van der Waals surface area contributed by atoms with Crippen molar-refractivity contribution in [1.82, 2.24) is 0 Å². The third-order valence-electron chi connectivity index (χ3n) is 3.79.